The zero-order chi connectivity index (χ0) is 18.6. The number of Topliss-reactive ketones (excluding diaryl/α,β-unsaturated/α-hetero) is 1. The molecular weight excluding hydrogens is 318 g/mol. The minimum absolute atomic E-state index is 0.232. The van der Waals surface area contributed by atoms with E-state index in [9.17, 15) is 14.4 Å². The van der Waals surface area contributed by atoms with Gasteiger partial charge >= 0.3 is 5.97 Å². The van der Waals surface area contributed by atoms with Crippen LogP contribution in [0.15, 0.2) is 42.5 Å². The Kier molecular flexibility index (Phi) is 5.70. The molecule has 0 spiro atoms. The summed E-state index contributed by atoms with van der Waals surface area (Å²) >= 11 is 0. The van der Waals surface area contributed by atoms with Crippen LogP contribution in [-0.4, -0.2) is 23.8 Å². The molecule has 0 saturated heterocycles. The maximum atomic E-state index is 12.6. The predicted molar refractivity (Wildman–Crippen MR) is 95.9 cm³/mol. The number of rotatable bonds is 5. The minimum Gasteiger partial charge on any atom is -0.451 e. The number of nitrogens with one attached hydrogen (secondary N) is 1. The summed E-state index contributed by atoms with van der Waals surface area (Å²) in [6, 6.07) is 12.0. The van der Waals surface area contributed by atoms with E-state index in [1.165, 1.54) is 13.0 Å². The van der Waals surface area contributed by atoms with Crippen LogP contribution in [0.4, 0.5) is 5.69 Å². The van der Waals surface area contributed by atoms with E-state index in [4.69, 9.17) is 4.74 Å². The molecule has 0 aliphatic rings. The molecule has 0 unspecified atom stereocenters. The number of amides is 1. The lowest BCUT2D eigenvalue weighted by atomic mass is 9.99. The second-order valence-corrected chi connectivity index (χ2v) is 5.99. The molecule has 5 heteroatoms. The average molecular weight is 339 g/mol. The molecule has 0 radical (unpaired) electrons. The van der Waals surface area contributed by atoms with Crippen molar-refractivity contribution in [2.24, 2.45) is 0 Å². The predicted octanol–water partition coefficient (Wildman–Crippen LogP) is 3.69. The molecule has 2 aromatic carbocycles. The molecule has 0 saturated carbocycles. The van der Waals surface area contributed by atoms with E-state index in [2.05, 4.69) is 5.32 Å². The molecule has 2 rings (SSSR count). The number of carbonyl (C=O) groups is 3. The fourth-order valence-corrected chi connectivity index (χ4v) is 2.43. The summed E-state index contributed by atoms with van der Waals surface area (Å²) in [5, 5.41) is 2.60. The third-order valence-electron chi connectivity index (χ3n) is 3.73. The van der Waals surface area contributed by atoms with Gasteiger partial charge in [-0.3, -0.25) is 9.59 Å². The first-order valence-corrected chi connectivity index (χ1v) is 7.98. The number of anilines is 1. The highest BCUT2D eigenvalue weighted by Gasteiger charge is 2.22. The molecule has 1 N–H and O–H groups in total. The monoisotopic (exact) mass is 339 g/mol. The Bertz CT molecular complexity index is 826. The Labute approximate surface area is 147 Å². The highest BCUT2D eigenvalue weighted by atomic mass is 16.5. The number of benzene rings is 2. The van der Waals surface area contributed by atoms with Crippen LogP contribution in [0.1, 0.15) is 45.7 Å². The van der Waals surface area contributed by atoms with Crippen LogP contribution in [0.5, 0.6) is 0 Å². The first-order chi connectivity index (χ1) is 11.8. The third-order valence-corrected chi connectivity index (χ3v) is 3.73. The molecule has 0 fully saturated rings. The molecule has 130 valence electrons. The number of carbonyl (C=O) groups excluding carboxylic acids is 3. The Morgan fingerprint density at radius 3 is 2.44 bits per heavy atom. The number of hydrogen-bond acceptors (Lipinski definition) is 4. The summed E-state index contributed by atoms with van der Waals surface area (Å²) < 4.78 is 5.31. The number of esters is 1. The lowest BCUT2D eigenvalue weighted by molar-refractivity contribution is -0.114. The first-order valence-electron chi connectivity index (χ1n) is 7.98. The first kappa shape index (κ1) is 18.4. The Balaban J connectivity index is 2.13. The van der Waals surface area contributed by atoms with E-state index >= 15 is 0 Å². The molecule has 2 aromatic rings. The zero-order valence-corrected chi connectivity index (χ0v) is 14.8. The van der Waals surface area contributed by atoms with Crippen molar-refractivity contribution in [3.63, 3.8) is 0 Å². The molecule has 0 heterocycles. The quantitative estimate of drug-likeness (QED) is 0.666. The summed E-state index contributed by atoms with van der Waals surface area (Å²) in [6.07, 6.45) is -0.905. The van der Waals surface area contributed by atoms with Crippen molar-refractivity contribution in [2.45, 2.75) is 33.8 Å². The maximum Gasteiger partial charge on any atom is 0.338 e. The van der Waals surface area contributed by atoms with Gasteiger partial charge < -0.3 is 10.1 Å². The van der Waals surface area contributed by atoms with Gasteiger partial charge in [0.25, 0.3) is 0 Å². The van der Waals surface area contributed by atoms with Crippen molar-refractivity contribution >= 4 is 23.3 Å². The van der Waals surface area contributed by atoms with E-state index in [1.807, 2.05) is 26.0 Å². The van der Waals surface area contributed by atoms with Crippen molar-refractivity contribution in [1.29, 1.82) is 0 Å². The summed E-state index contributed by atoms with van der Waals surface area (Å²) in [4.78, 5) is 36.0. The van der Waals surface area contributed by atoms with E-state index < -0.39 is 12.1 Å². The van der Waals surface area contributed by atoms with E-state index in [0.29, 0.717) is 11.3 Å². The molecule has 0 aliphatic carbocycles. The number of ether oxygens (including phenoxy) is 1. The average Bonchev–Trinajstić information content (AvgIpc) is 2.56. The van der Waals surface area contributed by atoms with Crippen LogP contribution >= 0.6 is 0 Å². The zero-order valence-electron chi connectivity index (χ0n) is 14.8. The van der Waals surface area contributed by atoms with Gasteiger partial charge in [-0.25, -0.2) is 4.79 Å². The van der Waals surface area contributed by atoms with Gasteiger partial charge in [0.1, 0.15) is 0 Å². The molecule has 5 nitrogen and oxygen atoms in total. The van der Waals surface area contributed by atoms with Gasteiger partial charge in [-0.05, 0) is 50.6 Å². The maximum absolute atomic E-state index is 12.6. The van der Waals surface area contributed by atoms with Gasteiger partial charge in [0.05, 0.1) is 5.56 Å². The van der Waals surface area contributed by atoms with Gasteiger partial charge in [0, 0.05) is 18.2 Å². The minimum atomic E-state index is -0.905. The van der Waals surface area contributed by atoms with E-state index in [1.54, 1.807) is 31.2 Å². The second kappa shape index (κ2) is 7.75. The fourth-order valence-electron chi connectivity index (χ4n) is 2.43. The van der Waals surface area contributed by atoms with Crippen molar-refractivity contribution in [3.05, 3.63) is 64.7 Å². The van der Waals surface area contributed by atoms with Crippen LogP contribution in [0, 0.1) is 13.8 Å². The molecule has 25 heavy (non-hydrogen) atoms. The summed E-state index contributed by atoms with van der Waals surface area (Å²) in [5.74, 6) is -1.09. The number of hydrogen-bond donors (Lipinski definition) is 1. The lowest BCUT2D eigenvalue weighted by Crippen LogP contribution is -2.25. The normalized spacial score (nSPS) is 11.5. The Morgan fingerprint density at radius 1 is 1.04 bits per heavy atom. The van der Waals surface area contributed by atoms with Crippen LogP contribution in [0.3, 0.4) is 0 Å². The topological polar surface area (TPSA) is 72.5 Å². The van der Waals surface area contributed by atoms with Crippen LogP contribution in [0.2, 0.25) is 0 Å². The van der Waals surface area contributed by atoms with E-state index in [0.717, 1.165) is 11.1 Å². The van der Waals surface area contributed by atoms with Gasteiger partial charge in [0.15, 0.2) is 6.10 Å². The third kappa shape index (κ3) is 4.76. The van der Waals surface area contributed by atoms with Gasteiger partial charge in [-0.15, -0.1) is 0 Å². The van der Waals surface area contributed by atoms with Crippen molar-refractivity contribution in [2.75, 3.05) is 5.32 Å². The number of aryl methyl sites for hydroxylation is 2. The molecule has 1 atom stereocenters. The number of ketones is 1. The SMILES string of the molecule is CC(=O)Nc1cccc(C(=O)O[C@@H](C)C(=O)c2cc(C)ccc2C)c1. The van der Waals surface area contributed by atoms with Crippen LogP contribution < -0.4 is 5.32 Å². The highest BCUT2D eigenvalue weighted by molar-refractivity contribution is 6.02. The molecule has 0 bridgehead atoms. The molecule has 1 amide bonds. The van der Waals surface area contributed by atoms with Crippen molar-refractivity contribution in [1.82, 2.24) is 0 Å². The Hall–Kier alpha value is -2.95. The summed E-state index contributed by atoms with van der Waals surface area (Å²) in [7, 11) is 0. The molecule has 0 aromatic heterocycles. The summed E-state index contributed by atoms with van der Waals surface area (Å²) in [6.45, 7) is 6.69. The Morgan fingerprint density at radius 2 is 1.76 bits per heavy atom. The largest absolute Gasteiger partial charge is 0.451 e. The summed E-state index contributed by atoms with van der Waals surface area (Å²) in [5.41, 5.74) is 3.12. The van der Waals surface area contributed by atoms with Gasteiger partial charge in [-0.2, -0.15) is 0 Å². The highest BCUT2D eigenvalue weighted by Crippen LogP contribution is 2.17. The van der Waals surface area contributed by atoms with Crippen molar-refractivity contribution in [3.8, 4) is 0 Å². The smallest absolute Gasteiger partial charge is 0.338 e. The lowest BCUT2D eigenvalue weighted by Gasteiger charge is -2.14. The van der Waals surface area contributed by atoms with Crippen LogP contribution in [-0.2, 0) is 9.53 Å². The molecular formula is C20H21NO4. The van der Waals surface area contributed by atoms with Crippen LogP contribution in [0.25, 0.3) is 0 Å². The van der Waals surface area contributed by atoms with Gasteiger partial charge in [0.2, 0.25) is 11.7 Å². The standard InChI is InChI=1S/C20H21NO4/c1-12-8-9-13(2)18(10-12)19(23)14(3)25-20(24)16-6-5-7-17(11-16)21-15(4)22/h5-11,14H,1-4H3,(H,21,22)/t14-/m0/s1. The van der Waals surface area contributed by atoms with E-state index in [-0.39, 0.29) is 17.3 Å². The van der Waals surface area contributed by atoms with Gasteiger partial charge in [-0.1, -0.05) is 23.8 Å². The fraction of sp³-hybridized carbons (Fsp3) is 0.250. The molecule has 0 aliphatic heterocycles. The second-order valence-electron chi connectivity index (χ2n) is 5.99. The van der Waals surface area contributed by atoms with Crippen molar-refractivity contribution < 1.29 is 19.1 Å².